The minimum Gasteiger partial charge on any atom is -0.381 e. The molecule has 0 aromatic heterocycles. The minimum atomic E-state index is 0.0981. The Bertz CT molecular complexity index is 378. The number of carbonyl (C=O) groups is 1. The lowest BCUT2D eigenvalue weighted by Gasteiger charge is -2.30. The molecule has 0 aromatic carbocycles. The van der Waals surface area contributed by atoms with Gasteiger partial charge in [0.15, 0.2) is 5.78 Å². The van der Waals surface area contributed by atoms with E-state index >= 15 is 0 Å². The van der Waals surface area contributed by atoms with Gasteiger partial charge in [-0.1, -0.05) is 19.4 Å². The molecule has 0 amide bonds. The molecule has 0 N–H and O–H groups in total. The van der Waals surface area contributed by atoms with Gasteiger partial charge in [-0.25, -0.2) is 0 Å². The maximum atomic E-state index is 12.0. The predicted molar refractivity (Wildman–Crippen MR) is 62.1 cm³/mol. The highest BCUT2D eigenvalue weighted by atomic mass is 16.5. The molecule has 0 aromatic rings. The maximum Gasteiger partial charge on any atom is 0.159 e. The summed E-state index contributed by atoms with van der Waals surface area (Å²) in [7, 11) is 1.81. The molecule has 3 atom stereocenters. The molecule has 0 aliphatic heterocycles. The molecule has 0 heterocycles. The monoisotopic (exact) mass is 220 g/mol. The smallest absolute Gasteiger partial charge is 0.159 e. The van der Waals surface area contributed by atoms with Crippen LogP contribution in [0.1, 0.15) is 39.5 Å². The third-order valence-electron chi connectivity index (χ3n) is 5.09. The van der Waals surface area contributed by atoms with Gasteiger partial charge in [-0.3, -0.25) is 4.79 Å². The van der Waals surface area contributed by atoms with Crippen molar-refractivity contribution >= 4 is 5.78 Å². The van der Waals surface area contributed by atoms with Crippen molar-refractivity contribution in [2.45, 2.75) is 45.6 Å². The number of fused-ring (bicyclic) bond motifs is 2. The van der Waals surface area contributed by atoms with Crippen LogP contribution in [0.3, 0.4) is 0 Å². The maximum absolute atomic E-state index is 12.0. The molecule has 3 aliphatic rings. The van der Waals surface area contributed by atoms with Crippen LogP contribution >= 0.6 is 0 Å². The van der Waals surface area contributed by atoms with Crippen molar-refractivity contribution in [2.75, 3.05) is 7.11 Å². The zero-order chi connectivity index (χ0) is 11.5. The first-order valence-corrected chi connectivity index (χ1v) is 6.35. The third-order valence-corrected chi connectivity index (χ3v) is 5.09. The number of hydrogen-bond donors (Lipinski definition) is 0. The van der Waals surface area contributed by atoms with Crippen molar-refractivity contribution in [2.24, 2.45) is 17.3 Å². The molecule has 1 fully saturated rings. The first kappa shape index (κ1) is 10.5. The van der Waals surface area contributed by atoms with Crippen LogP contribution in [-0.2, 0) is 9.53 Å². The van der Waals surface area contributed by atoms with E-state index in [0.29, 0.717) is 23.7 Å². The fourth-order valence-corrected chi connectivity index (χ4v) is 4.37. The molecule has 0 unspecified atom stereocenters. The Morgan fingerprint density at radius 3 is 2.69 bits per heavy atom. The SMILES string of the molecule is CO[C@@H]1C[C@@H]2C3=C(C(=O)CC3)C(C)(C)[C@@H]2C1. The van der Waals surface area contributed by atoms with Gasteiger partial charge in [-0.15, -0.1) is 0 Å². The number of methoxy groups -OCH3 is 1. The van der Waals surface area contributed by atoms with E-state index in [-0.39, 0.29) is 5.41 Å². The van der Waals surface area contributed by atoms with Crippen LogP contribution in [0.5, 0.6) is 0 Å². The summed E-state index contributed by atoms with van der Waals surface area (Å²) < 4.78 is 5.51. The molecule has 2 nitrogen and oxygen atoms in total. The van der Waals surface area contributed by atoms with E-state index in [1.807, 2.05) is 7.11 Å². The highest BCUT2D eigenvalue weighted by Gasteiger charge is 2.55. The van der Waals surface area contributed by atoms with Crippen LogP contribution in [0.15, 0.2) is 11.1 Å². The lowest BCUT2D eigenvalue weighted by atomic mass is 9.74. The quantitative estimate of drug-likeness (QED) is 0.679. The second kappa shape index (κ2) is 3.19. The van der Waals surface area contributed by atoms with Crippen molar-refractivity contribution < 1.29 is 9.53 Å². The normalized spacial score (nSPS) is 40.4. The fraction of sp³-hybridized carbons (Fsp3) is 0.786. The van der Waals surface area contributed by atoms with Crippen molar-refractivity contribution in [3.8, 4) is 0 Å². The summed E-state index contributed by atoms with van der Waals surface area (Å²) in [5, 5.41) is 0. The lowest BCUT2D eigenvalue weighted by molar-refractivity contribution is -0.116. The van der Waals surface area contributed by atoms with E-state index in [1.54, 1.807) is 0 Å². The number of Topliss-reactive ketones (excluding diaryl/α,β-unsaturated/α-hetero) is 1. The molecule has 3 aliphatic carbocycles. The Kier molecular flexibility index (Phi) is 2.10. The second-order valence-corrected chi connectivity index (χ2v) is 6.09. The minimum absolute atomic E-state index is 0.0981. The summed E-state index contributed by atoms with van der Waals surface area (Å²) in [6.07, 6.45) is 4.47. The Balaban J connectivity index is 2.00. The van der Waals surface area contributed by atoms with Gasteiger partial charge >= 0.3 is 0 Å². The van der Waals surface area contributed by atoms with Crippen LogP contribution in [0.25, 0.3) is 0 Å². The van der Waals surface area contributed by atoms with E-state index in [1.165, 1.54) is 11.1 Å². The Morgan fingerprint density at radius 1 is 1.25 bits per heavy atom. The summed E-state index contributed by atoms with van der Waals surface area (Å²) in [6, 6.07) is 0. The fourth-order valence-electron chi connectivity index (χ4n) is 4.37. The topological polar surface area (TPSA) is 26.3 Å². The molecular formula is C14H20O2. The van der Waals surface area contributed by atoms with Crippen LogP contribution in [0.2, 0.25) is 0 Å². The standard InChI is InChI=1S/C14H20O2/c1-14(2)11-7-8(16-3)6-10(11)9-4-5-12(15)13(9)14/h8,10-11H,4-7H2,1-3H3/t8-,10-,11-/m1/s1. The van der Waals surface area contributed by atoms with Gasteiger partial charge in [0.25, 0.3) is 0 Å². The molecule has 88 valence electrons. The highest BCUT2D eigenvalue weighted by Crippen LogP contribution is 2.61. The van der Waals surface area contributed by atoms with E-state index in [2.05, 4.69) is 13.8 Å². The van der Waals surface area contributed by atoms with Crippen molar-refractivity contribution in [1.29, 1.82) is 0 Å². The summed E-state index contributed by atoms with van der Waals surface area (Å²) in [5.41, 5.74) is 2.78. The molecule has 2 heteroatoms. The van der Waals surface area contributed by atoms with Gasteiger partial charge in [-0.2, -0.15) is 0 Å². The number of rotatable bonds is 1. The molecule has 1 saturated carbocycles. The van der Waals surface area contributed by atoms with Gasteiger partial charge in [0.2, 0.25) is 0 Å². The summed E-state index contributed by atoms with van der Waals surface area (Å²) >= 11 is 0. The Morgan fingerprint density at radius 2 is 2.00 bits per heavy atom. The number of hydrogen-bond acceptors (Lipinski definition) is 2. The molecule has 0 saturated heterocycles. The molecule has 0 spiro atoms. The van der Waals surface area contributed by atoms with Gasteiger partial charge in [0.05, 0.1) is 6.10 Å². The molecular weight excluding hydrogens is 200 g/mol. The van der Waals surface area contributed by atoms with Crippen molar-refractivity contribution in [1.82, 2.24) is 0 Å². The van der Waals surface area contributed by atoms with Gasteiger partial charge in [0, 0.05) is 19.1 Å². The predicted octanol–water partition coefficient (Wildman–Crippen LogP) is 2.73. The van der Waals surface area contributed by atoms with Crippen LogP contribution in [0.4, 0.5) is 0 Å². The third kappa shape index (κ3) is 1.14. The van der Waals surface area contributed by atoms with Gasteiger partial charge in [0.1, 0.15) is 0 Å². The number of carbonyl (C=O) groups excluding carboxylic acids is 1. The summed E-state index contributed by atoms with van der Waals surface area (Å²) in [4.78, 5) is 12.0. The number of ketones is 1. The van der Waals surface area contributed by atoms with E-state index in [0.717, 1.165) is 25.7 Å². The molecule has 0 radical (unpaired) electrons. The van der Waals surface area contributed by atoms with E-state index < -0.39 is 0 Å². The zero-order valence-corrected chi connectivity index (χ0v) is 10.4. The highest BCUT2D eigenvalue weighted by molar-refractivity contribution is 6.00. The van der Waals surface area contributed by atoms with Gasteiger partial charge < -0.3 is 4.74 Å². The van der Waals surface area contributed by atoms with Gasteiger partial charge in [-0.05, 0) is 36.5 Å². The van der Waals surface area contributed by atoms with E-state index in [4.69, 9.17) is 4.74 Å². The largest absolute Gasteiger partial charge is 0.381 e. The van der Waals surface area contributed by atoms with Crippen LogP contribution in [-0.4, -0.2) is 19.0 Å². The number of ether oxygens (including phenoxy) is 1. The van der Waals surface area contributed by atoms with Crippen molar-refractivity contribution in [3.05, 3.63) is 11.1 Å². The first-order chi connectivity index (χ1) is 7.55. The van der Waals surface area contributed by atoms with Crippen LogP contribution < -0.4 is 0 Å². The zero-order valence-electron chi connectivity index (χ0n) is 10.4. The summed E-state index contributed by atoms with van der Waals surface area (Å²) in [6.45, 7) is 4.52. The van der Waals surface area contributed by atoms with Crippen molar-refractivity contribution in [3.63, 3.8) is 0 Å². The first-order valence-electron chi connectivity index (χ1n) is 6.35. The second-order valence-electron chi connectivity index (χ2n) is 6.09. The lowest BCUT2D eigenvalue weighted by Crippen LogP contribution is -2.26. The molecule has 16 heavy (non-hydrogen) atoms. The van der Waals surface area contributed by atoms with Crippen LogP contribution in [0, 0.1) is 17.3 Å². The summed E-state index contributed by atoms with van der Waals surface area (Å²) in [5.74, 6) is 1.71. The van der Waals surface area contributed by atoms with E-state index in [9.17, 15) is 4.79 Å². The Labute approximate surface area is 97.1 Å². The average molecular weight is 220 g/mol. The average Bonchev–Trinajstić information content (AvgIpc) is 2.84. The molecule has 3 rings (SSSR count). The number of allylic oxidation sites excluding steroid dienone is 2. The molecule has 0 bridgehead atoms. The Hall–Kier alpha value is -0.630.